The molecule has 0 heterocycles. The van der Waals surface area contributed by atoms with Gasteiger partial charge in [0.1, 0.15) is 5.75 Å². The molecule has 0 aliphatic heterocycles. The van der Waals surface area contributed by atoms with Crippen molar-refractivity contribution in [2.75, 3.05) is 13.7 Å². The van der Waals surface area contributed by atoms with Crippen molar-refractivity contribution in [2.24, 2.45) is 17.8 Å². The predicted molar refractivity (Wildman–Crippen MR) is 124 cm³/mol. The largest absolute Gasteiger partial charge is 0.497 e. The highest BCUT2D eigenvalue weighted by molar-refractivity contribution is 5.84. The van der Waals surface area contributed by atoms with E-state index < -0.39 is 0 Å². The number of nitrogens with one attached hydrogen (secondary N) is 3. The number of fused-ring (bicyclic) bond motifs is 1. The molecule has 6 nitrogen and oxygen atoms in total. The molecule has 0 radical (unpaired) electrons. The molecular formula is C26H33N3O3. The second-order valence-corrected chi connectivity index (χ2v) is 10.2. The van der Waals surface area contributed by atoms with E-state index in [0.29, 0.717) is 13.1 Å². The summed E-state index contributed by atoms with van der Waals surface area (Å²) in [6, 6.07) is 12.0. The number of amides is 3. The van der Waals surface area contributed by atoms with Crippen LogP contribution in [0.3, 0.4) is 0 Å². The molecule has 0 atom stereocenters. The quantitative estimate of drug-likeness (QED) is 0.612. The second-order valence-electron chi connectivity index (χ2n) is 10.2. The topological polar surface area (TPSA) is 79.5 Å². The van der Waals surface area contributed by atoms with Crippen molar-refractivity contribution in [3.05, 3.63) is 42.0 Å². The van der Waals surface area contributed by atoms with Crippen LogP contribution in [0.2, 0.25) is 0 Å². The van der Waals surface area contributed by atoms with E-state index in [-0.39, 0.29) is 23.9 Å². The molecule has 6 heteroatoms. The monoisotopic (exact) mass is 435 g/mol. The Kier molecular flexibility index (Phi) is 5.70. The summed E-state index contributed by atoms with van der Waals surface area (Å²) in [5.41, 5.74) is 1.05. The van der Waals surface area contributed by atoms with E-state index in [0.717, 1.165) is 59.1 Å². The molecule has 2 aromatic rings. The molecule has 4 fully saturated rings. The van der Waals surface area contributed by atoms with Gasteiger partial charge in [-0.2, -0.15) is 0 Å². The van der Waals surface area contributed by atoms with Crippen LogP contribution < -0.4 is 20.7 Å². The first-order chi connectivity index (χ1) is 15.5. The first-order valence-corrected chi connectivity index (χ1v) is 11.9. The van der Waals surface area contributed by atoms with E-state index >= 15 is 0 Å². The molecule has 4 saturated carbocycles. The minimum Gasteiger partial charge on any atom is -0.497 e. The molecule has 3 N–H and O–H groups in total. The van der Waals surface area contributed by atoms with Crippen molar-refractivity contribution in [3.63, 3.8) is 0 Å². The van der Waals surface area contributed by atoms with E-state index in [9.17, 15) is 9.59 Å². The number of hydrogen-bond donors (Lipinski definition) is 3. The Hall–Kier alpha value is -2.76. The van der Waals surface area contributed by atoms with E-state index in [4.69, 9.17) is 4.74 Å². The number of carbonyl (C=O) groups excluding carboxylic acids is 2. The van der Waals surface area contributed by atoms with Gasteiger partial charge in [0.2, 0.25) is 5.91 Å². The van der Waals surface area contributed by atoms with Crippen molar-refractivity contribution in [2.45, 2.75) is 57.0 Å². The Labute approximate surface area is 189 Å². The zero-order chi connectivity index (χ0) is 22.1. The minimum atomic E-state index is -0.121. The van der Waals surface area contributed by atoms with Crippen LogP contribution in [0, 0.1) is 17.8 Å². The van der Waals surface area contributed by atoms with Crippen LogP contribution >= 0.6 is 0 Å². The first kappa shape index (κ1) is 21.1. The number of ether oxygens (including phenoxy) is 1. The normalized spacial score (nSPS) is 27.8. The van der Waals surface area contributed by atoms with Gasteiger partial charge in [0, 0.05) is 25.0 Å². The summed E-state index contributed by atoms with van der Waals surface area (Å²) < 4.78 is 5.26. The number of rotatable bonds is 7. The number of urea groups is 1. The van der Waals surface area contributed by atoms with Crippen molar-refractivity contribution >= 4 is 22.7 Å². The van der Waals surface area contributed by atoms with Gasteiger partial charge in [0.25, 0.3) is 0 Å². The van der Waals surface area contributed by atoms with Crippen LogP contribution in [0.1, 0.15) is 50.5 Å². The van der Waals surface area contributed by atoms with Crippen molar-refractivity contribution in [1.82, 2.24) is 16.0 Å². The lowest BCUT2D eigenvalue weighted by atomic mass is 9.53. The van der Waals surface area contributed by atoms with Crippen molar-refractivity contribution in [1.29, 1.82) is 0 Å². The Morgan fingerprint density at radius 3 is 2.28 bits per heavy atom. The molecule has 6 rings (SSSR count). The van der Waals surface area contributed by atoms with E-state index in [1.165, 1.54) is 19.3 Å². The molecule has 2 aromatic carbocycles. The highest BCUT2D eigenvalue weighted by atomic mass is 16.5. The van der Waals surface area contributed by atoms with E-state index in [1.54, 1.807) is 7.11 Å². The molecule has 0 aromatic heterocycles. The molecule has 4 aliphatic rings. The van der Waals surface area contributed by atoms with Gasteiger partial charge >= 0.3 is 6.03 Å². The molecule has 0 unspecified atom stereocenters. The van der Waals surface area contributed by atoms with Gasteiger partial charge in [-0.15, -0.1) is 0 Å². The van der Waals surface area contributed by atoms with Crippen molar-refractivity contribution < 1.29 is 14.3 Å². The Bertz CT molecular complexity index is 983. The number of carbonyl (C=O) groups is 2. The molecule has 32 heavy (non-hydrogen) atoms. The summed E-state index contributed by atoms with van der Waals surface area (Å²) in [6.07, 6.45) is 7.73. The second kappa shape index (κ2) is 8.64. The fourth-order valence-electron chi connectivity index (χ4n) is 6.64. The number of hydrogen-bond acceptors (Lipinski definition) is 3. The van der Waals surface area contributed by atoms with Gasteiger partial charge in [-0.1, -0.05) is 18.2 Å². The maximum atomic E-state index is 12.5. The van der Waals surface area contributed by atoms with Gasteiger partial charge in [-0.3, -0.25) is 4.79 Å². The average Bonchev–Trinajstić information content (AvgIpc) is 2.76. The maximum Gasteiger partial charge on any atom is 0.315 e. The first-order valence-electron chi connectivity index (χ1n) is 11.9. The van der Waals surface area contributed by atoms with E-state index in [2.05, 4.69) is 22.0 Å². The Morgan fingerprint density at radius 1 is 0.938 bits per heavy atom. The van der Waals surface area contributed by atoms with E-state index in [1.807, 2.05) is 30.3 Å². The zero-order valence-corrected chi connectivity index (χ0v) is 18.8. The molecule has 170 valence electrons. The van der Waals surface area contributed by atoms with Crippen LogP contribution in [0.5, 0.6) is 5.75 Å². The Balaban J connectivity index is 1.05. The fourth-order valence-corrected chi connectivity index (χ4v) is 6.64. The minimum absolute atomic E-state index is 0.00118. The molecule has 4 bridgehead atoms. The van der Waals surface area contributed by atoms with Gasteiger partial charge in [-0.25, -0.2) is 4.79 Å². The van der Waals surface area contributed by atoms with Crippen LogP contribution in [0.15, 0.2) is 36.4 Å². The highest BCUT2D eigenvalue weighted by Crippen LogP contribution is 2.55. The number of methoxy groups -OCH3 is 1. The predicted octanol–water partition coefficient (Wildman–Crippen LogP) is 4.12. The van der Waals surface area contributed by atoms with Gasteiger partial charge in [0.05, 0.1) is 7.11 Å². The summed E-state index contributed by atoms with van der Waals surface area (Å²) in [5, 5.41) is 11.4. The zero-order valence-electron chi connectivity index (χ0n) is 18.8. The third-order valence-corrected chi connectivity index (χ3v) is 7.66. The summed E-state index contributed by atoms with van der Waals surface area (Å²) in [7, 11) is 1.66. The smallest absolute Gasteiger partial charge is 0.315 e. The third kappa shape index (κ3) is 4.54. The maximum absolute atomic E-state index is 12.5. The fraction of sp³-hybridized carbons (Fsp3) is 0.538. The lowest BCUT2D eigenvalue weighted by molar-refractivity contribution is -0.121. The summed E-state index contributed by atoms with van der Waals surface area (Å²) in [5.74, 6) is 3.16. The average molecular weight is 436 g/mol. The summed E-state index contributed by atoms with van der Waals surface area (Å²) in [6.45, 7) is 0.821. The van der Waals surface area contributed by atoms with Gasteiger partial charge < -0.3 is 20.7 Å². The van der Waals surface area contributed by atoms with Gasteiger partial charge in [0.15, 0.2) is 0 Å². The molecule has 0 spiro atoms. The van der Waals surface area contributed by atoms with Crippen LogP contribution in [-0.4, -0.2) is 31.1 Å². The molecule has 4 aliphatic carbocycles. The van der Waals surface area contributed by atoms with Crippen LogP contribution in [-0.2, 0) is 11.3 Å². The molecule has 0 saturated heterocycles. The lowest BCUT2D eigenvalue weighted by Crippen LogP contribution is -2.61. The van der Waals surface area contributed by atoms with Crippen LogP contribution in [0.25, 0.3) is 10.8 Å². The van der Waals surface area contributed by atoms with Gasteiger partial charge in [-0.05, 0) is 90.8 Å². The highest BCUT2D eigenvalue weighted by Gasteiger charge is 2.51. The third-order valence-electron chi connectivity index (χ3n) is 7.66. The standard InChI is InChI=1S/C26H33N3O3/c1-32-23-5-4-21-11-17(2-3-22(21)12-23)16-28-24(30)6-7-27-25(31)29-26-13-18-8-19(14-26)10-20(9-18)15-26/h2-5,11-12,18-20H,6-10,13-16H2,1H3,(H,28,30)(H2,27,29,31). The molecule has 3 amide bonds. The Morgan fingerprint density at radius 2 is 1.59 bits per heavy atom. The van der Waals surface area contributed by atoms with Crippen molar-refractivity contribution in [3.8, 4) is 5.75 Å². The SMILES string of the molecule is COc1ccc2cc(CNC(=O)CCNC(=O)NC34CC5CC(CC(C5)C3)C4)ccc2c1. The number of benzene rings is 2. The van der Waals surface area contributed by atoms with Crippen LogP contribution in [0.4, 0.5) is 4.79 Å². The lowest BCUT2D eigenvalue weighted by Gasteiger charge is -2.56. The molecular weight excluding hydrogens is 402 g/mol. The summed E-state index contributed by atoms with van der Waals surface area (Å²) >= 11 is 0. The summed E-state index contributed by atoms with van der Waals surface area (Å²) in [4.78, 5) is 24.8.